The number of rotatable bonds is 9. The van der Waals surface area contributed by atoms with Crippen molar-refractivity contribution in [2.45, 2.75) is 6.54 Å². The van der Waals surface area contributed by atoms with Gasteiger partial charge in [0.1, 0.15) is 17.2 Å². The van der Waals surface area contributed by atoms with E-state index >= 15 is 0 Å². The van der Waals surface area contributed by atoms with E-state index in [0.29, 0.717) is 36.9 Å². The Kier molecular flexibility index (Phi) is 11.5. The van der Waals surface area contributed by atoms with Crippen LogP contribution in [-0.4, -0.2) is 65.3 Å². The number of carbonyl (C=O) groups excluding carboxylic acids is 1. The maximum atomic E-state index is 12.3. The number of hydrogen-bond acceptors (Lipinski definition) is 5. The molecule has 1 amide bonds. The van der Waals surface area contributed by atoms with Crippen molar-refractivity contribution in [3.63, 3.8) is 0 Å². The van der Waals surface area contributed by atoms with E-state index < -0.39 is 0 Å². The van der Waals surface area contributed by atoms with Gasteiger partial charge in [0.25, 0.3) is 5.91 Å². The van der Waals surface area contributed by atoms with Gasteiger partial charge in [0.15, 0.2) is 5.96 Å². The largest absolute Gasteiger partial charge is 0.497 e. The average Bonchev–Trinajstić information content (AvgIpc) is 2.79. The third kappa shape index (κ3) is 7.82. The molecule has 2 aromatic carbocycles. The van der Waals surface area contributed by atoms with Crippen molar-refractivity contribution >= 4 is 35.8 Å². The zero-order chi connectivity index (χ0) is 21.9. The first kappa shape index (κ1) is 26.3. The highest BCUT2D eigenvalue weighted by molar-refractivity contribution is 14.0. The molecule has 0 aromatic heterocycles. The number of ether oxygens (including phenoxy) is 3. The molecule has 0 radical (unpaired) electrons. The summed E-state index contributed by atoms with van der Waals surface area (Å²) >= 11 is 0. The first-order chi connectivity index (χ1) is 14.5. The van der Waals surface area contributed by atoms with Crippen molar-refractivity contribution in [2.24, 2.45) is 4.99 Å². The number of aliphatic imine (C=N–C) groups is 1. The number of nitrogens with one attached hydrogen (secondary N) is 2. The van der Waals surface area contributed by atoms with Crippen molar-refractivity contribution in [1.29, 1.82) is 0 Å². The molecule has 31 heavy (non-hydrogen) atoms. The van der Waals surface area contributed by atoms with E-state index in [0.717, 1.165) is 17.1 Å². The standard InChI is InChI=1S/C22H30N4O4.HI/c1-23-22(26(2)15-17-9-10-19(29-4)14-20(17)30-5)25-12-11-24-21(27)16-7-6-8-18(13-16)28-3;/h6-10,13-14H,11-12,15H2,1-5H3,(H,23,25)(H,24,27);1H. The van der Waals surface area contributed by atoms with E-state index in [2.05, 4.69) is 15.6 Å². The van der Waals surface area contributed by atoms with Crippen molar-refractivity contribution in [3.05, 3.63) is 53.6 Å². The van der Waals surface area contributed by atoms with Crippen LogP contribution in [-0.2, 0) is 6.54 Å². The fourth-order valence-electron chi connectivity index (χ4n) is 2.91. The summed E-state index contributed by atoms with van der Waals surface area (Å²) < 4.78 is 15.9. The van der Waals surface area contributed by atoms with Crippen molar-refractivity contribution in [2.75, 3.05) is 48.5 Å². The molecule has 0 heterocycles. The quantitative estimate of drug-likeness (QED) is 0.220. The minimum absolute atomic E-state index is 0. The van der Waals surface area contributed by atoms with Gasteiger partial charge < -0.3 is 29.7 Å². The Morgan fingerprint density at radius 1 is 0.968 bits per heavy atom. The second kappa shape index (κ2) is 13.6. The number of halogens is 1. The van der Waals surface area contributed by atoms with Gasteiger partial charge in [-0.05, 0) is 30.3 Å². The smallest absolute Gasteiger partial charge is 0.251 e. The highest BCUT2D eigenvalue weighted by Crippen LogP contribution is 2.25. The summed E-state index contributed by atoms with van der Waals surface area (Å²) in [5.74, 6) is 2.71. The lowest BCUT2D eigenvalue weighted by Gasteiger charge is -2.23. The van der Waals surface area contributed by atoms with Crippen LogP contribution in [0, 0.1) is 0 Å². The molecular formula is C22H31IN4O4. The van der Waals surface area contributed by atoms with Crippen molar-refractivity contribution in [1.82, 2.24) is 15.5 Å². The van der Waals surface area contributed by atoms with Gasteiger partial charge in [-0.1, -0.05) is 6.07 Å². The summed E-state index contributed by atoms with van der Waals surface area (Å²) in [5.41, 5.74) is 1.57. The van der Waals surface area contributed by atoms with Gasteiger partial charge >= 0.3 is 0 Å². The fourth-order valence-corrected chi connectivity index (χ4v) is 2.91. The van der Waals surface area contributed by atoms with Crippen LogP contribution >= 0.6 is 24.0 Å². The summed E-state index contributed by atoms with van der Waals surface area (Å²) in [6.45, 7) is 1.59. The Morgan fingerprint density at radius 3 is 2.29 bits per heavy atom. The van der Waals surface area contributed by atoms with Crippen LogP contribution in [0.15, 0.2) is 47.5 Å². The van der Waals surface area contributed by atoms with Gasteiger partial charge in [0.2, 0.25) is 0 Å². The molecule has 0 atom stereocenters. The number of benzene rings is 2. The molecule has 170 valence electrons. The predicted molar refractivity (Wildman–Crippen MR) is 133 cm³/mol. The zero-order valence-electron chi connectivity index (χ0n) is 18.6. The summed E-state index contributed by atoms with van der Waals surface area (Å²) in [4.78, 5) is 18.6. The molecule has 0 unspecified atom stereocenters. The first-order valence-corrected chi connectivity index (χ1v) is 9.57. The molecule has 9 heteroatoms. The molecule has 2 rings (SSSR count). The Morgan fingerprint density at radius 2 is 1.65 bits per heavy atom. The Hall–Kier alpha value is -2.69. The number of nitrogens with zero attached hydrogens (tertiary/aromatic N) is 2. The van der Waals surface area contributed by atoms with E-state index in [1.165, 1.54) is 0 Å². The molecule has 0 aliphatic rings. The fraction of sp³-hybridized carbons (Fsp3) is 0.364. The molecule has 0 bridgehead atoms. The first-order valence-electron chi connectivity index (χ1n) is 9.57. The van der Waals surface area contributed by atoms with Gasteiger partial charge in [-0.2, -0.15) is 0 Å². The minimum atomic E-state index is -0.151. The van der Waals surface area contributed by atoms with E-state index in [4.69, 9.17) is 14.2 Å². The molecule has 0 aliphatic heterocycles. The number of guanidine groups is 1. The summed E-state index contributed by atoms with van der Waals surface area (Å²) in [5, 5.41) is 6.13. The lowest BCUT2D eigenvalue weighted by molar-refractivity contribution is 0.0954. The highest BCUT2D eigenvalue weighted by atomic mass is 127. The molecular weight excluding hydrogens is 511 g/mol. The number of amides is 1. The van der Waals surface area contributed by atoms with Gasteiger partial charge in [0, 0.05) is 50.9 Å². The molecule has 2 N–H and O–H groups in total. The van der Waals surface area contributed by atoms with E-state index in [1.54, 1.807) is 52.6 Å². The second-order valence-electron chi connectivity index (χ2n) is 6.50. The molecule has 8 nitrogen and oxygen atoms in total. The molecule has 0 saturated carbocycles. The maximum Gasteiger partial charge on any atom is 0.251 e. The van der Waals surface area contributed by atoms with Gasteiger partial charge in [-0.25, -0.2) is 0 Å². The van der Waals surface area contributed by atoms with Gasteiger partial charge in [-0.3, -0.25) is 9.79 Å². The Bertz CT molecular complexity index is 876. The molecule has 0 fully saturated rings. The van der Waals surface area contributed by atoms with Crippen LogP contribution in [0.2, 0.25) is 0 Å². The van der Waals surface area contributed by atoms with Crippen molar-refractivity contribution in [3.8, 4) is 17.2 Å². The lowest BCUT2D eigenvalue weighted by atomic mass is 10.2. The van der Waals surface area contributed by atoms with Gasteiger partial charge in [-0.15, -0.1) is 24.0 Å². The second-order valence-corrected chi connectivity index (χ2v) is 6.50. The number of methoxy groups -OCH3 is 3. The van der Waals surface area contributed by atoms with Crippen LogP contribution in [0.3, 0.4) is 0 Å². The van der Waals surface area contributed by atoms with Crippen LogP contribution in [0.5, 0.6) is 17.2 Å². The Labute approximate surface area is 201 Å². The molecule has 0 saturated heterocycles. The maximum absolute atomic E-state index is 12.3. The van der Waals surface area contributed by atoms with E-state index in [-0.39, 0.29) is 29.9 Å². The molecule has 2 aromatic rings. The van der Waals surface area contributed by atoms with Gasteiger partial charge in [0.05, 0.1) is 21.3 Å². The summed E-state index contributed by atoms with van der Waals surface area (Å²) in [7, 11) is 8.49. The van der Waals surface area contributed by atoms with E-state index in [9.17, 15) is 4.79 Å². The number of carbonyl (C=O) groups is 1. The summed E-state index contributed by atoms with van der Waals surface area (Å²) in [6.07, 6.45) is 0. The van der Waals surface area contributed by atoms with Crippen LogP contribution < -0.4 is 24.8 Å². The topological polar surface area (TPSA) is 84.4 Å². The normalized spacial score (nSPS) is 10.5. The monoisotopic (exact) mass is 542 g/mol. The highest BCUT2D eigenvalue weighted by Gasteiger charge is 2.11. The van der Waals surface area contributed by atoms with E-state index in [1.807, 2.05) is 30.1 Å². The molecule has 0 spiro atoms. The zero-order valence-corrected chi connectivity index (χ0v) is 20.9. The third-order valence-electron chi connectivity index (χ3n) is 4.50. The van der Waals surface area contributed by atoms with Crippen LogP contribution in [0.1, 0.15) is 15.9 Å². The lowest BCUT2D eigenvalue weighted by Crippen LogP contribution is -2.42. The van der Waals surface area contributed by atoms with Crippen LogP contribution in [0.25, 0.3) is 0 Å². The predicted octanol–water partition coefficient (Wildman–Crippen LogP) is 2.77. The SMILES string of the molecule is CN=C(NCCNC(=O)c1cccc(OC)c1)N(C)Cc1ccc(OC)cc1OC.I. The minimum Gasteiger partial charge on any atom is -0.497 e. The summed E-state index contributed by atoms with van der Waals surface area (Å²) in [6, 6.07) is 12.8. The van der Waals surface area contributed by atoms with Crippen LogP contribution in [0.4, 0.5) is 0 Å². The Balaban J connectivity index is 0.00000480. The average molecular weight is 542 g/mol. The third-order valence-corrected chi connectivity index (χ3v) is 4.50. The molecule has 0 aliphatic carbocycles. The number of hydrogen-bond donors (Lipinski definition) is 2. The van der Waals surface area contributed by atoms with Crippen molar-refractivity contribution < 1.29 is 19.0 Å².